The molecule has 1 fully saturated rings. The number of nitrogens with zero attached hydrogens (tertiary/aromatic N) is 2. The molecule has 3 nitrogen and oxygen atoms in total. The van der Waals surface area contributed by atoms with Crippen LogP contribution < -0.4 is 0 Å². The lowest BCUT2D eigenvalue weighted by Crippen LogP contribution is -2.31. The maximum absolute atomic E-state index is 9.65. The third-order valence-electron chi connectivity index (χ3n) is 4.29. The fraction of sp³-hybridized carbons (Fsp3) is 0.471. The first-order valence-electron chi connectivity index (χ1n) is 7.59. The Morgan fingerprint density at radius 1 is 1.43 bits per heavy atom. The normalized spacial score (nSPS) is 21.0. The van der Waals surface area contributed by atoms with E-state index in [1.54, 1.807) is 0 Å². The zero-order chi connectivity index (χ0) is 14.8. The number of aliphatic hydroxyl groups is 1. The van der Waals surface area contributed by atoms with Crippen LogP contribution in [0.1, 0.15) is 31.7 Å². The fourth-order valence-corrected chi connectivity index (χ4v) is 3.52. The Balaban J connectivity index is 1.86. The molecular weight excluding hydrogens is 284 g/mol. The average Bonchev–Trinajstić information content (AvgIpc) is 2.89. The molecule has 0 radical (unpaired) electrons. The molecule has 1 saturated heterocycles. The summed E-state index contributed by atoms with van der Waals surface area (Å²) in [6.45, 7) is 3.84. The summed E-state index contributed by atoms with van der Waals surface area (Å²) in [6.07, 6.45) is 4.80. The fourth-order valence-electron chi connectivity index (χ4n) is 3.31. The third-order valence-corrected chi connectivity index (χ3v) is 4.62. The highest BCUT2D eigenvalue weighted by Crippen LogP contribution is 2.29. The predicted molar refractivity (Wildman–Crippen MR) is 86.5 cm³/mol. The summed E-state index contributed by atoms with van der Waals surface area (Å²) in [5, 5.41) is 11.4. The van der Waals surface area contributed by atoms with Crippen molar-refractivity contribution < 1.29 is 5.11 Å². The number of aromatic nitrogens is 1. The van der Waals surface area contributed by atoms with Crippen LogP contribution in [0.25, 0.3) is 10.9 Å². The number of halogens is 1. The van der Waals surface area contributed by atoms with Crippen molar-refractivity contribution in [3.63, 3.8) is 0 Å². The first-order valence-corrected chi connectivity index (χ1v) is 7.97. The Labute approximate surface area is 130 Å². The number of pyridine rings is 1. The van der Waals surface area contributed by atoms with Crippen molar-refractivity contribution in [2.24, 2.45) is 0 Å². The lowest BCUT2D eigenvalue weighted by Gasteiger charge is -2.26. The van der Waals surface area contributed by atoms with Gasteiger partial charge in [-0.05, 0) is 56.5 Å². The summed E-state index contributed by atoms with van der Waals surface area (Å²) in [6, 6.07) is 8.45. The molecule has 0 spiro atoms. The molecule has 2 unspecified atom stereocenters. The number of likely N-dealkylation sites (tertiary alicyclic amines) is 1. The summed E-state index contributed by atoms with van der Waals surface area (Å²) in [5.74, 6) is 0. The minimum atomic E-state index is -0.240. The van der Waals surface area contributed by atoms with Gasteiger partial charge in [0.1, 0.15) is 0 Å². The van der Waals surface area contributed by atoms with Gasteiger partial charge in [-0.25, -0.2) is 0 Å². The van der Waals surface area contributed by atoms with Crippen LogP contribution in [-0.4, -0.2) is 33.7 Å². The van der Waals surface area contributed by atoms with Gasteiger partial charge in [-0.2, -0.15) is 0 Å². The molecule has 21 heavy (non-hydrogen) atoms. The summed E-state index contributed by atoms with van der Waals surface area (Å²) >= 11 is 6.26. The van der Waals surface area contributed by atoms with Gasteiger partial charge in [-0.15, -0.1) is 0 Å². The largest absolute Gasteiger partial charge is 0.393 e. The Hall–Kier alpha value is -1.16. The average molecular weight is 305 g/mol. The van der Waals surface area contributed by atoms with Crippen LogP contribution in [0.15, 0.2) is 30.5 Å². The molecular formula is C17H21ClN2O. The van der Waals surface area contributed by atoms with Crippen molar-refractivity contribution >= 4 is 22.5 Å². The SMILES string of the molecule is CC(O)CC1CCCN1Cc1ccc(Cl)c2cccnc12. The van der Waals surface area contributed by atoms with Crippen LogP contribution in [-0.2, 0) is 6.54 Å². The van der Waals surface area contributed by atoms with E-state index in [0.717, 1.165) is 35.4 Å². The maximum Gasteiger partial charge on any atom is 0.0761 e. The molecule has 0 bridgehead atoms. The number of hydrogen-bond acceptors (Lipinski definition) is 3. The van der Waals surface area contributed by atoms with E-state index in [2.05, 4.69) is 16.0 Å². The van der Waals surface area contributed by atoms with E-state index in [1.165, 1.54) is 18.4 Å². The standard InChI is InChI=1S/C17H21ClN2O/c1-12(21)10-14-4-3-9-20(14)11-13-6-7-16(18)15-5-2-8-19-17(13)15/h2,5-8,12,14,21H,3-4,9-11H2,1H3. The van der Waals surface area contributed by atoms with Gasteiger partial charge in [0.2, 0.25) is 0 Å². The molecule has 0 saturated carbocycles. The molecule has 112 valence electrons. The molecule has 3 rings (SSSR count). The van der Waals surface area contributed by atoms with Gasteiger partial charge >= 0.3 is 0 Å². The van der Waals surface area contributed by atoms with Gasteiger partial charge in [0.15, 0.2) is 0 Å². The van der Waals surface area contributed by atoms with Crippen LogP contribution >= 0.6 is 11.6 Å². The van der Waals surface area contributed by atoms with E-state index in [1.807, 2.05) is 31.3 Å². The number of benzene rings is 1. The minimum absolute atomic E-state index is 0.240. The summed E-state index contributed by atoms with van der Waals surface area (Å²) < 4.78 is 0. The van der Waals surface area contributed by atoms with Crippen LogP contribution in [0, 0.1) is 0 Å². The van der Waals surface area contributed by atoms with Gasteiger partial charge in [-0.1, -0.05) is 17.7 Å². The summed E-state index contributed by atoms with van der Waals surface area (Å²) in [5.41, 5.74) is 2.21. The zero-order valence-electron chi connectivity index (χ0n) is 12.3. The molecule has 2 atom stereocenters. The van der Waals surface area contributed by atoms with E-state index < -0.39 is 0 Å². The highest BCUT2D eigenvalue weighted by Gasteiger charge is 2.26. The zero-order valence-corrected chi connectivity index (χ0v) is 13.1. The van der Waals surface area contributed by atoms with Crippen LogP contribution in [0.4, 0.5) is 0 Å². The van der Waals surface area contributed by atoms with Gasteiger partial charge in [0, 0.05) is 29.2 Å². The van der Waals surface area contributed by atoms with Crippen molar-refractivity contribution in [1.82, 2.24) is 9.88 Å². The highest BCUT2D eigenvalue weighted by atomic mass is 35.5. The molecule has 1 aromatic carbocycles. The molecule has 1 aliphatic heterocycles. The number of hydrogen-bond donors (Lipinski definition) is 1. The first-order chi connectivity index (χ1) is 10.1. The molecule has 0 aliphatic carbocycles. The second-order valence-electron chi connectivity index (χ2n) is 5.96. The van der Waals surface area contributed by atoms with Gasteiger partial charge in [0.05, 0.1) is 11.6 Å². The smallest absolute Gasteiger partial charge is 0.0761 e. The molecule has 2 heterocycles. The van der Waals surface area contributed by atoms with Gasteiger partial charge in [-0.3, -0.25) is 9.88 Å². The third kappa shape index (κ3) is 3.20. The van der Waals surface area contributed by atoms with Crippen molar-refractivity contribution in [2.45, 2.75) is 44.9 Å². The van der Waals surface area contributed by atoms with Crippen LogP contribution in [0.2, 0.25) is 5.02 Å². The topological polar surface area (TPSA) is 36.4 Å². The van der Waals surface area contributed by atoms with E-state index >= 15 is 0 Å². The van der Waals surface area contributed by atoms with Gasteiger partial charge in [0.25, 0.3) is 0 Å². The number of aliphatic hydroxyl groups excluding tert-OH is 1. The van der Waals surface area contributed by atoms with Crippen molar-refractivity contribution in [1.29, 1.82) is 0 Å². The first kappa shape index (κ1) is 14.8. The Morgan fingerprint density at radius 2 is 2.29 bits per heavy atom. The summed E-state index contributed by atoms with van der Waals surface area (Å²) in [4.78, 5) is 6.97. The van der Waals surface area contributed by atoms with Crippen molar-refractivity contribution in [3.8, 4) is 0 Å². The molecule has 1 N–H and O–H groups in total. The molecule has 4 heteroatoms. The molecule has 2 aromatic rings. The monoisotopic (exact) mass is 304 g/mol. The van der Waals surface area contributed by atoms with Gasteiger partial charge < -0.3 is 5.11 Å². The van der Waals surface area contributed by atoms with E-state index in [0.29, 0.717) is 6.04 Å². The van der Waals surface area contributed by atoms with E-state index in [9.17, 15) is 5.11 Å². The Kier molecular flexibility index (Phi) is 4.43. The maximum atomic E-state index is 9.65. The van der Waals surface area contributed by atoms with E-state index in [-0.39, 0.29) is 6.10 Å². The number of rotatable bonds is 4. The number of fused-ring (bicyclic) bond motifs is 1. The van der Waals surface area contributed by atoms with Crippen LogP contribution in [0.5, 0.6) is 0 Å². The van der Waals surface area contributed by atoms with Crippen molar-refractivity contribution in [3.05, 3.63) is 41.0 Å². The highest BCUT2D eigenvalue weighted by molar-refractivity contribution is 6.35. The quantitative estimate of drug-likeness (QED) is 0.937. The summed E-state index contributed by atoms with van der Waals surface area (Å²) in [7, 11) is 0. The van der Waals surface area contributed by atoms with Crippen molar-refractivity contribution in [2.75, 3.05) is 6.54 Å². The Morgan fingerprint density at radius 3 is 3.10 bits per heavy atom. The Bertz CT molecular complexity index is 629. The molecule has 0 amide bonds. The second kappa shape index (κ2) is 6.30. The lowest BCUT2D eigenvalue weighted by atomic mass is 10.1. The second-order valence-corrected chi connectivity index (χ2v) is 6.36. The lowest BCUT2D eigenvalue weighted by molar-refractivity contribution is 0.131. The van der Waals surface area contributed by atoms with Crippen LogP contribution in [0.3, 0.4) is 0 Å². The predicted octanol–water partition coefficient (Wildman–Crippen LogP) is 3.62. The van der Waals surface area contributed by atoms with E-state index in [4.69, 9.17) is 11.6 Å². The molecule has 1 aliphatic rings. The minimum Gasteiger partial charge on any atom is -0.393 e. The molecule has 1 aromatic heterocycles.